The second-order valence-electron chi connectivity index (χ2n) is 10.5. The molecule has 50 heavy (non-hydrogen) atoms. The predicted octanol–water partition coefficient (Wildman–Crippen LogP) is 7.53. The Kier molecular flexibility index (Phi) is 21.2. The Morgan fingerprint density at radius 3 is 0.640 bits per heavy atom. The third kappa shape index (κ3) is 14.8. The molecule has 0 aromatic heterocycles. The van der Waals surface area contributed by atoms with E-state index in [4.69, 9.17) is 9.47 Å². The molecule has 0 unspecified atom stereocenters. The van der Waals surface area contributed by atoms with E-state index in [1.807, 2.05) is 27.7 Å². The van der Waals surface area contributed by atoms with E-state index in [2.05, 4.69) is 0 Å². The Labute approximate surface area is 294 Å². The average Bonchev–Trinajstić information content (AvgIpc) is 3.12. The molecule has 0 heterocycles. The van der Waals surface area contributed by atoms with E-state index in [1.165, 1.54) is 0 Å². The number of carboxylic acids is 4. The maximum Gasteiger partial charge on any atom is 0.312 e. The van der Waals surface area contributed by atoms with Crippen LogP contribution in [0.3, 0.4) is 0 Å². The highest BCUT2D eigenvalue weighted by Crippen LogP contribution is 2.34. The highest BCUT2D eigenvalue weighted by Gasteiger charge is 2.37. The SMILES string of the molecule is CCOCC.CCOCC.O=C(O)[C@H](c1ccccc1)[C@H](C(=O)O)c1ccccc1.O=C(O)[C@H](c1ccccc1)[C@H](C(=O)O)c1ccccc1. The molecule has 0 aliphatic heterocycles. The smallest absolute Gasteiger partial charge is 0.312 e. The summed E-state index contributed by atoms with van der Waals surface area (Å²) in [7, 11) is 0. The molecule has 0 saturated heterocycles. The molecule has 10 heteroatoms. The lowest BCUT2D eigenvalue weighted by Crippen LogP contribution is -2.26. The minimum atomic E-state index is -1.15. The van der Waals surface area contributed by atoms with E-state index in [0.29, 0.717) is 22.3 Å². The maximum atomic E-state index is 11.6. The number of ether oxygens (including phenoxy) is 2. The van der Waals surface area contributed by atoms with Crippen molar-refractivity contribution in [1.82, 2.24) is 0 Å². The van der Waals surface area contributed by atoms with Crippen molar-refractivity contribution < 1.29 is 49.1 Å². The molecule has 0 aliphatic carbocycles. The van der Waals surface area contributed by atoms with Crippen LogP contribution in [0.15, 0.2) is 121 Å². The van der Waals surface area contributed by atoms with Gasteiger partial charge in [0.05, 0.1) is 23.7 Å². The Bertz CT molecular complexity index is 1280. The molecule has 0 saturated carbocycles. The van der Waals surface area contributed by atoms with Crippen LogP contribution in [0.25, 0.3) is 0 Å². The number of aliphatic carboxylic acids is 4. The molecule has 0 amide bonds. The fourth-order valence-electron chi connectivity index (χ4n) is 4.96. The van der Waals surface area contributed by atoms with Crippen LogP contribution in [-0.4, -0.2) is 70.7 Å². The Morgan fingerprint density at radius 2 is 0.540 bits per heavy atom. The molecule has 0 bridgehead atoms. The Hall–Kier alpha value is -5.32. The summed E-state index contributed by atoms with van der Waals surface area (Å²) < 4.78 is 9.67. The number of hydrogen-bond donors (Lipinski definition) is 4. The molecule has 0 aliphatic rings. The van der Waals surface area contributed by atoms with E-state index in [1.54, 1.807) is 121 Å². The van der Waals surface area contributed by atoms with Gasteiger partial charge in [0.15, 0.2) is 0 Å². The zero-order chi connectivity index (χ0) is 37.3. The lowest BCUT2D eigenvalue weighted by molar-refractivity contribution is -0.147. The molecule has 4 aromatic rings. The van der Waals surface area contributed by atoms with E-state index in [0.717, 1.165) is 26.4 Å². The summed E-state index contributed by atoms with van der Waals surface area (Å²) in [5.74, 6) is -9.04. The van der Waals surface area contributed by atoms with Crippen LogP contribution in [0.2, 0.25) is 0 Å². The van der Waals surface area contributed by atoms with E-state index in [9.17, 15) is 39.6 Å². The molecule has 0 fully saturated rings. The van der Waals surface area contributed by atoms with Gasteiger partial charge in [-0.15, -0.1) is 0 Å². The van der Waals surface area contributed by atoms with Crippen molar-refractivity contribution in [3.8, 4) is 0 Å². The molecular weight excluding hydrogens is 640 g/mol. The number of carboxylic acid groups (broad SMARTS) is 4. The highest BCUT2D eigenvalue weighted by molar-refractivity contribution is 5.89. The second kappa shape index (κ2) is 24.8. The second-order valence-corrected chi connectivity index (χ2v) is 10.5. The van der Waals surface area contributed by atoms with Crippen molar-refractivity contribution in [2.75, 3.05) is 26.4 Å². The van der Waals surface area contributed by atoms with Crippen molar-refractivity contribution >= 4 is 23.9 Å². The lowest BCUT2D eigenvalue weighted by Gasteiger charge is -2.21. The summed E-state index contributed by atoms with van der Waals surface area (Å²) in [5.41, 5.74) is 1.93. The van der Waals surface area contributed by atoms with Gasteiger partial charge >= 0.3 is 23.9 Å². The van der Waals surface area contributed by atoms with E-state index >= 15 is 0 Å². The van der Waals surface area contributed by atoms with Gasteiger partial charge in [-0.3, -0.25) is 19.2 Å². The van der Waals surface area contributed by atoms with Crippen LogP contribution < -0.4 is 0 Å². The van der Waals surface area contributed by atoms with Gasteiger partial charge in [-0.1, -0.05) is 121 Å². The third-order valence-electron chi connectivity index (χ3n) is 7.18. The molecule has 0 radical (unpaired) electrons. The van der Waals surface area contributed by atoms with Crippen molar-refractivity contribution in [3.63, 3.8) is 0 Å². The molecular formula is C40H48O10. The molecule has 4 rings (SSSR count). The summed E-state index contributed by atoms with van der Waals surface area (Å²) in [6.07, 6.45) is 0. The number of benzene rings is 4. The zero-order valence-corrected chi connectivity index (χ0v) is 28.9. The molecule has 4 N–H and O–H groups in total. The minimum Gasteiger partial charge on any atom is -0.481 e. The van der Waals surface area contributed by atoms with Crippen molar-refractivity contribution in [2.24, 2.45) is 0 Å². The monoisotopic (exact) mass is 688 g/mol. The van der Waals surface area contributed by atoms with Gasteiger partial charge in [0.25, 0.3) is 0 Å². The fourth-order valence-corrected chi connectivity index (χ4v) is 4.96. The molecule has 0 spiro atoms. The van der Waals surface area contributed by atoms with Gasteiger partial charge in [-0.05, 0) is 49.9 Å². The van der Waals surface area contributed by atoms with Crippen molar-refractivity contribution in [3.05, 3.63) is 144 Å². The largest absolute Gasteiger partial charge is 0.481 e. The summed E-state index contributed by atoms with van der Waals surface area (Å²) >= 11 is 0. The van der Waals surface area contributed by atoms with Crippen molar-refractivity contribution in [2.45, 2.75) is 51.4 Å². The van der Waals surface area contributed by atoms with Gasteiger partial charge < -0.3 is 29.9 Å². The van der Waals surface area contributed by atoms with Gasteiger partial charge in [0, 0.05) is 26.4 Å². The molecule has 4 aromatic carbocycles. The topological polar surface area (TPSA) is 168 Å². The molecule has 10 nitrogen and oxygen atoms in total. The Balaban J connectivity index is 0.000000394. The lowest BCUT2D eigenvalue weighted by atomic mass is 9.81. The van der Waals surface area contributed by atoms with Gasteiger partial charge in [0.1, 0.15) is 0 Å². The summed E-state index contributed by atoms with van der Waals surface area (Å²) in [6.45, 7) is 11.3. The molecule has 268 valence electrons. The summed E-state index contributed by atoms with van der Waals surface area (Å²) in [6, 6.07) is 33.8. The first kappa shape index (κ1) is 42.7. The summed E-state index contributed by atoms with van der Waals surface area (Å²) in [4.78, 5) is 46.2. The van der Waals surface area contributed by atoms with Crippen molar-refractivity contribution in [1.29, 1.82) is 0 Å². The standard InChI is InChI=1S/2C16H14O4.2C4H10O/c2*17-15(18)13(11-7-3-1-4-8-11)14(16(19)20)12-9-5-2-6-10-12;2*1-3-5-4-2/h2*1-10,13-14H,(H,17,18)(H,19,20);2*3-4H2,1-2H3/t2*13-,14-;;/m11../s1. The first-order valence-corrected chi connectivity index (χ1v) is 16.3. The fraction of sp³-hybridized carbons (Fsp3) is 0.300. The highest BCUT2D eigenvalue weighted by atomic mass is 16.5. The van der Waals surface area contributed by atoms with E-state index in [-0.39, 0.29) is 0 Å². The normalized spacial score (nSPS) is 12.4. The van der Waals surface area contributed by atoms with Gasteiger partial charge in [-0.2, -0.15) is 0 Å². The maximum absolute atomic E-state index is 11.6. The zero-order valence-electron chi connectivity index (χ0n) is 28.9. The number of hydrogen-bond acceptors (Lipinski definition) is 6. The van der Waals surface area contributed by atoms with Crippen LogP contribution >= 0.6 is 0 Å². The van der Waals surface area contributed by atoms with Gasteiger partial charge in [-0.25, -0.2) is 0 Å². The van der Waals surface area contributed by atoms with Crippen LogP contribution in [0.5, 0.6) is 0 Å². The first-order valence-electron chi connectivity index (χ1n) is 16.3. The summed E-state index contributed by atoms with van der Waals surface area (Å²) in [5, 5.41) is 37.8. The number of rotatable bonds is 14. The quantitative estimate of drug-likeness (QED) is 0.104. The third-order valence-corrected chi connectivity index (χ3v) is 7.18. The van der Waals surface area contributed by atoms with Crippen LogP contribution in [0, 0.1) is 0 Å². The van der Waals surface area contributed by atoms with E-state index < -0.39 is 47.5 Å². The Morgan fingerprint density at radius 1 is 0.380 bits per heavy atom. The van der Waals surface area contributed by atoms with Gasteiger partial charge in [0.2, 0.25) is 0 Å². The first-order chi connectivity index (χ1) is 24.0. The van der Waals surface area contributed by atoms with Crippen LogP contribution in [0.1, 0.15) is 73.6 Å². The number of carbonyl (C=O) groups is 4. The molecule has 4 atom stereocenters. The van der Waals surface area contributed by atoms with Crippen LogP contribution in [-0.2, 0) is 28.7 Å². The minimum absolute atomic E-state index is 0.483. The van der Waals surface area contributed by atoms with Crippen LogP contribution in [0.4, 0.5) is 0 Å². The average molecular weight is 689 g/mol. The predicted molar refractivity (Wildman–Crippen MR) is 192 cm³/mol.